The molecular formula is C20H19N7O2S. The predicted octanol–water partition coefficient (Wildman–Crippen LogP) is 1.87. The Morgan fingerprint density at radius 2 is 1.80 bits per heavy atom. The highest BCUT2D eigenvalue weighted by atomic mass is 32.2. The molecule has 0 atom stereocenters. The molecule has 30 heavy (non-hydrogen) atoms. The Balaban J connectivity index is 1.60. The van der Waals surface area contributed by atoms with Crippen LogP contribution in [0.4, 0.5) is 0 Å². The van der Waals surface area contributed by atoms with Crippen molar-refractivity contribution in [1.82, 2.24) is 30.9 Å². The van der Waals surface area contributed by atoms with E-state index in [9.17, 15) is 8.42 Å². The molecule has 0 bridgehead atoms. The van der Waals surface area contributed by atoms with Gasteiger partial charge in [0.1, 0.15) is 0 Å². The van der Waals surface area contributed by atoms with Crippen LogP contribution in [0.25, 0.3) is 22.5 Å². The molecule has 0 amide bonds. The fourth-order valence-corrected chi connectivity index (χ4v) is 3.92. The second kappa shape index (κ2) is 8.49. The minimum atomic E-state index is -3.97. The van der Waals surface area contributed by atoms with Gasteiger partial charge in [-0.25, -0.2) is 18.7 Å². The normalized spacial score (nSPS) is 11.5. The molecule has 4 aromatic rings. The lowest BCUT2D eigenvalue weighted by Gasteiger charge is -2.12. The summed E-state index contributed by atoms with van der Waals surface area (Å²) in [6, 6.07) is 18.5. The van der Waals surface area contributed by atoms with Crippen molar-refractivity contribution >= 4 is 10.0 Å². The van der Waals surface area contributed by atoms with Crippen molar-refractivity contribution in [3.05, 3.63) is 78.1 Å². The molecule has 2 heterocycles. The molecule has 0 saturated carbocycles. The van der Waals surface area contributed by atoms with Gasteiger partial charge in [0, 0.05) is 24.8 Å². The Hall–Kier alpha value is -3.47. The maximum atomic E-state index is 12.1. The van der Waals surface area contributed by atoms with E-state index >= 15 is 0 Å². The summed E-state index contributed by atoms with van der Waals surface area (Å²) in [6.07, 6.45) is 1.77. The van der Waals surface area contributed by atoms with Crippen molar-refractivity contribution in [2.24, 2.45) is 5.14 Å². The van der Waals surface area contributed by atoms with Gasteiger partial charge in [0.05, 0.1) is 10.6 Å². The van der Waals surface area contributed by atoms with E-state index in [-0.39, 0.29) is 10.7 Å². The van der Waals surface area contributed by atoms with Gasteiger partial charge in [-0.15, -0.1) is 5.10 Å². The van der Waals surface area contributed by atoms with Gasteiger partial charge in [-0.05, 0) is 45.3 Å². The SMILES string of the molecule is NS(=O)(=O)c1cccc(-c2ccc(CNCc3ccccn3)cc2)c1-c1nnn[nH]1. The number of nitrogens with two attached hydrogens (primary N) is 1. The second-order valence-electron chi connectivity index (χ2n) is 6.60. The monoisotopic (exact) mass is 421 g/mol. The van der Waals surface area contributed by atoms with Crippen LogP contribution >= 0.6 is 0 Å². The summed E-state index contributed by atoms with van der Waals surface area (Å²) in [4.78, 5) is 4.24. The van der Waals surface area contributed by atoms with E-state index in [1.54, 1.807) is 18.3 Å². The minimum Gasteiger partial charge on any atom is -0.307 e. The van der Waals surface area contributed by atoms with Gasteiger partial charge in [0.25, 0.3) is 0 Å². The van der Waals surface area contributed by atoms with Gasteiger partial charge < -0.3 is 5.32 Å². The lowest BCUT2D eigenvalue weighted by atomic mass is 9.98. The lowest BCUT2D eigenvalue weighted by Crippen LogP contribution is -2.14. The largest absolute Gasteiger partial charge is 0.307 e. The van der Waals surface area contributed by atoms with Crippen LogP contribution in [0.2, 0.25) is 0 Å². The molecule has 2 aromatic heterocycles. The van der Waals surface area contributed by atoms with Crippen molar-refractivity contribution in [2.75, 3.05) is 0 Å². The first kappa shape index (κ1) is 19.8. The number of rotatable bonds is 7. The highest BCUT2D eigenvalue weighted by Crippen LogP contribution is 2.34. The average Bonchev–Trinajstić information content (AvgIpc) is 3.28. The molecule has 4 N–H and O–H groups in total. The summed E-state index contributed by atoms with van der Waals surface area (Å²) in [6.45, 7) is 1.34. The molecule has 2 aromatic carbocycles. The fourth-order valence-electron chi connectivity index (χ4n) is 3.16. The van der Waals surface area contributed by atoms with Gasteiger partial charge in [0.15, 0.2) is 5.82 Å². The van der Waals surface area contributed by atoms with Gasteiger partial charge in [-0.3, -0.25) is 4.98 Å². The summed E-state index contributed by atoms with van der Waals surface area (Å²) >= 11 is 0. The van der Waals surface area contributed by atoms with Crippen LogP contribution in [0.5, 0.6) is 0 Å². The van der Waals surface area contributed by atoms with E-state index in [4.69, 9.17) is 5.14 Å². The quantitative estimate of drug-likeness (QED) is 0.414. The Kier molecular flexibility index (Phi) is 5.61. The van der Waals surface area contributed by atoms with Gasteiger partial charge in [-0.1, -0.05) is 42.5 Å². The first-order chi connectivity index (χ1) is 14.5. The number of benzene rings is 2. The molecular weight excluding hydrogens is 402 g/mol. The van der Waals surface area contributed by atoms with Gasteiger partial charge >= 0.3 is 0 Å². The molecule has 0 unspecified atom stereocenters. The number of hydrogen-bond acceptors (Lipinski definition) is 7. The highest BCUT2D eigenvalue weighted by molar-refractivity contribution is 7.89. The first-order valence-corrected chi connectivity index (χ1v) is 10.7. The van der Waals surface area contributed by atoms with E-state index in [1.165, 1.54) is 6.07 Å². The zero-order valence-electron chi connectivity index (χ0n) is 15.9. The van der Waals surface area contributed by atoms with E-state index < -0.39 is 10.0 Å². The van der Waals surface area contributed by atoms with Crippen molar-refractivity contribution in [2.45, 2.75) is 18.0 Å². The number of sulfonamides is 1. The summed E-state index contributed by atoms with van der Waals surface area (Å²) in [7, 11) is -3.97. The molecule has 0 spiro atoms. The number of aromatic nitrogens is 5. The van der Waals surface area contributed by atoms with Crippen LogP contribution in [0.3, 0.4) is 0 Å². The van der Waals surface area contributed by atoms with Crippen LogP contribution in [-0.2, 0) is 23.1 Å². The molecule has 152 valence electrons. The van der Waals surface area contributed by atoms with Crippen molar-refractivity contribution in [3.8, 4) is 22.5 Å². The number of H-pyrrole nitrogens is 1. The second-order valence-corrected chi connectivity index (χ2v) is 8.12. The number of hydrogen-bond donors (Lipinski definition) is 3. The van der Waals surface area contributed by atoms with Crippen molar-refractivity contribution < 1.29 is 8.42 Å². The first-order valence-electron chi connectivity index (χ1n) is 9.12. The summed E-state index contributed by atoms with van der Waals surface area (Å²) in [5.41, 5.74) is 3.87. The molecule has 0 saturated heterocycles. The number of nitrogens with one attached hydrogen (secondary N) is 2. The third-order valence-corrected chi connectivity index (χ3v) is 5.49. The molecule has 0 aliphatic rings. The molecule has 4 rings (SSSR count). The Labute approximate surface area is 173 Å². The predicted molar refractivity (Wildman–Crippen MR) is 111 cm³/mol. The van der Waals surface area contributed by atoms with Gasteiger partial charge in [-0.2, -0.15) is 0 Å². The third-order valence-electron chi connectivity index (χ3n) is 4.54. The van der Waals surface area contributed by atoms with Crippen LogP contribution in [0.1, 0.15) is 11.3 Å². The Morgan fingerprint density at radius 3 is 2.47 bits per heavy atom. The standard InChI is InChI=1S/C20H19N7O2S/c21-30(28,29)18-6-3-5-17(19(18)20-24-26-27-25-20)15-9-7-14(8-10-15)12-22-13-16-4-1-2-11-23-16/h1-11,22H,12-13H2,(H2,21,28,29)(H,24,25,26,27). The summed E-state index contributed by atoms with van der Waals surface area (Å²) in [5, 5.41) is 22.4. The van der Waals surface area contributed by atoms with E-state index in [0.29, 0.717) is 24.2 Å². The van der Waals surface area contributed by atoms with Crippen LogP contribution in [0, 0.1) is 0 Å². The number of tetrazole rings is 1. The molecule has 0 fully saturated rings. The molecule has 0 aliphatic heterocycles. The van der Waals surface area contributed by atoms with Crippen molar-refractivity contribution in [1.29, 1.82) is 0 Å². The number of pyridine rings is 1. The average molecular weight is 421 g/mol. The summed E-state index contributed by atoms with van der Waals surface area (Å²) < 4.78 is 24.2. The lowest BCUT2D eigenvalue weighted by molar-refractivity contribution is 0.598. The zero-order valence-corrected chi connectivity index (χ0v) is 16.7. The zero-order chi connectivity index (χ0) is 21.0. The Bertz CT molecular complexity index is 1230. The third kappa shape index (κ3) is 4.40. The number of aromatic amines is 1. The molecule has 0 aliphatic carbocycles. The smallest absolute Gasteiger partial charge is 0.238 e. The molecule has 9 nitrogen and oxygen atoms in total. The fraction of sp³-hybridized carbons (Fsp3) is 0.100. The van der Waals surface area contributed by atoms with Crippen LogP contribution < -0.4 is 10.5 Å². The topological polar surface area (TPSA) is 140 Å². The number of primary sulfonamides is 1. The number of nitrogens with zero attached hydrogens (tertiary/aromatic N) is 4. The maximum Gasteiger partial charge on any atom is 0.238 e. The Morgan fingerprint density at radius 1 is 0.967 bits per heavy atom. The maximum absolute atomic E-state index is 12.1. The van der Waals surface area contributed by atoms with Crippen molar-refractivity contribution in [3.63, 3.8) is 0 Å². The van der Waals surface area contributed by atoms with Crippen LogP contribution in [-0.4, -0.2) is 34.0 Å². The molecule has 10 heteroatoms. The highest BCUT2D eigenvalue weighted by Gasteiger charge is 2.21. The molecule has 0 radical (unpaired) electrons. The van der Waals surface area contributed by atoms with E-state index in [0.717, 1.165) is 16.8 Å². The van der Waals surface area contributed by atoms with Gasteiger partial charge in [0.2, 0.25) is 10.0 Å². The summed E-state index contributed by atoms with van der Waals surface area (Å²) in [5.74, 6) is 0.232. The minimum absolute atomic E-state index is 0.0420. The van der Waals surface area contributed by atoms with E-state index in [1.807, 2.05) is 42.5 Å². The van der Waals surface area contributed by atoms with Crippen LogP contribution in [0.15, 0.2) is 71.8 Å². The van der Waals surface area contributed by atoms with E-state index in [2.05, 4.69) is 30.9 Å².